The average molecular weight is 183 g/mol. The summed E-state index contributed by atoms with van der Waals surface area (Å²) in [4.78, 5) is 17.3. The molecule has 1 heterocycles. The van der Waals surface area contributed by atoms with Crippen molar-refractivity contribution in [2.45, 2.75) is 39.0 Å². The lowest BCUT2D eigenvalue weighted by molar-refractivity contribution is -0.185. The highest BCUT2D eigenvalue weighted by molar-refractivity contribution is 5.82. The molecule has 2 aliphatic rings. The van der Waals surface area contributed by atoms with Crippen molar-refractivity contribution in [1.82, 2.24) is 5.06 Å². The highest BCUT2D eigenvalue weighted by Crippen LogP contribution is 2.45. The molecule has 0 aromatic heterocycles. The van der Waals surface area contributed by atoms with Crippen LogP contribution in [0.4, 0.5) is 0 Å². The lowest BCUT2D eigenvalue weighted by Gasteiger charge is -2.41. The van der Waals surface area contributed by atoms with E-state index >= 15 is 0 Å². The number of rotatable bonds is 2. The molecule has 1 aliphatic carbocycles. The standard InChI is InChI=1S/C10H17NO2/c1-2-10(5-3-6-10)9(12)11-7-4-8-13-11/h2-8H2,1H3. The fraction of sp³-hybridized carbons (Fsp3) is 0.900. The second-order valence-electron chi connectivity index (χ2n) is 4.08. The maximum Gasteiger partial charge on any atom is 0.252 e. The third-order valence-corrected chi connectivity index (χ3v) is 3.42. The molecule has 3 nitrogen and oxygen atoms in total. The van der Waals surface area contributed by atoms with Crippen LogP contribution >= 0.6 is 0 Å². The fourth-order valence-electron chi connectivity index (χ4n) is 2.19. The highest BCUT2D eigenvalue weighted by atomic mass is 16.7. The zero-order valence-corrected chi connectivity index (χ0v) is 8.21. The Labute approximate surface area is 79.0 Å². The van der Waals surface area contributed by atoms with E-state index in [0.717, 1.165) is 32.2 Å². The van der Waals surface area contributed by atoms with Gasteiger partial charge in [0.15, 0.2) is 0 Å². The molecule has 0 spiro atoms. The van der Waals surface area contributed by atoms with Gasteiger partial charge in [0.25, 0.3) is 5.91 Å². The normalized spacial score (nSPS) is 25.8. The molecular formula is C10H17NO2. The van der Waals surface area contributed by atoms with Gasteiger partial charge in [-0.05, 0) is 25.7 Å². The molecule has 3 heteroatoms. The number of carbonyl (C=O) groups is 1. The summed E-state index contributed by atoms with van der Waals surface area (Å²) in [5.74, 6) is 0.235. The summed E-state index contributed by atoms with van der Waals surface area (Å²) >= 11 is 0. The molecule has 2 rings (SSSR count). The van der Waals surface area contributed by atoms with Gasteiger partial charge in [0.05, 0.1) is 18.6 Å². The van der Waals surface area contributed by atoms with Gasteiger partial charge < -0.3 is 0 Å². The summed E-state index contributed by atoms with van der Waals surface area (Å²) in [6, 6.07) is 0. The number of hydrogen-bond donors (Lipinski definition) is 0. The summed E-state index contributed by atoms with van der Waals surface area (Å²) in [5.41, 5.74) is -0.0512. The zero-order valence-electron chi connectivity index (χ0n) is 8.21. The summed E-state index contributed by atoms with van der Waals surface area (Å²) in [5, 5.41) is 1.59. The molecule has 74 valence electrons. The van der Waals surface area contributed by atoms with Crippen LogP contribution in [0.25, 0.3) is 0 Å². The topological polar surface area (TPSA) is 29.5 Å². The van der Waals surface area contributed by atoms with Crippen LogP contribution < -0.4 is 0 Å². The van der Waals surface area contributed by atoms with Crippen LogP contribution in [0.2, 0.25) is 0 Å². The van der Waals surface area contributed by atoms with Crippen molar-refractivity contribution in [3.63, 3.8) is 0 Å². The van der Waals surface area contributed by atoms with Gasteiger partial charge in [0.1, 0.15) is 0 Å². The minimum absolute atomic E-state index is 0.0512. The smallest absolute Gasteiger partial charge is 0.252 e. The van der Waals surface area contributed by atoms with Gasteiger partial charge >= 0.3 is 0 Å². The van der Waals surface area contributed by atoms with Gasteiger partial charge in [-0.25, -0.2) is 5.06 Å². The zero-order chi connectivity index (χ0) is 9.31. The lowest BCUT2D eigenvalue weighted by atomic mass is 9.66. The van der Waals surface area contributed by atoms with E-state index in [1.54, 1.807) is 5.06 Å². The molecule has 13 heavy (non-hydrogen) atoms. The monoisotopic (exact) mass is 183 g/mol. The Kier molecular flexibility index (Phi) is 2.28. The highest BCUT2D eigenvalue weighted by Gasteiger charge is 2.45. The van der Waals surface area contributed by atoms with E-state index in [1.165, 1.54) is 6.42 Å². The Morgan fingerprint density at radius 3 is 2.62 bits per heavy atom. The minimum atomic E-state index is -0.0512. The van der Waals surface area contributed by atoms with Crippen molar-refractivity contribution in [3.05, 3.63) is 0 Å². The SMILES string of the molecule is CCC1(C(=O)N2CCCO2)CCC1. The summed E-state index contributed by atoms with van der Waals surface area (Å²) in [6.45, 7) is 3.61. The van der Waals surface area contributed by atoms with E-state index in [9.17, 15) is 4.79 Å². The predicted octanol–water partition coefficient (Wildman–Crippen LogP) is 1.73. The Morgan fingerprint density at radius 1 is 1.46 bits per heavy atom. The van der Waals surface area contributed by atoms with Crippen LogP contribution in [0.3, 0.4) is 0 Å². The second-order valence-corrected chi connectivity index (χ2v) is 4.08. The first-order valence-electron chi connectivity index (χ1n) is 5.23. The van der Waals surface area contributed by atoms with E-state index in [2.05, 4.69) is 6.92 Å². The summed E-state index contributed by atoms with van der Waals surface area (Å²) in [7, 11) is 0. The van der Waals surface area contributed by atoms with Gasteiger partial charge in [-0.15, -0.1) is 0 Å². The maximum absolute atomic E-state index is 12.0. The molecule has 0 atom stereocenters. The molecular weight excluding hydrogens is 166 g/mol. The first kappa shape index (κ1) is 9.00. The van der Waals surface area contributed by atoms with E-state index in [-0.39, 0.29) is 11.3 Å². The quantitative estimate of drug-likeness (QED) is 0.652. The van der Waals surface area contributed by atoms with Crippen LogP contribution in [0.5, 0.6) is 0 Å². The van der Waals surface area contributed by atoms with Crippen molar-refractivity contribution < 1.29 is 9.63 Å². The minimum Gasteiger partial charge on any atom is -0.272 e. The third kappa shape index (κ3) is 1.35. The average Bonchev–Trinajstić information content (AvgIpc) is 2.54. The Hall–Kier alpha value is -0.570. The van der Waals surface area contributed by atoms with Crippen LogP contribution in [-0.2, 0) is 9.63 Å². The number of amides is 1. The molecule has 2 fully saturated rings. The van der Waals surface area contributed by atoms with E-state index in [4.69, 9.17) is 4.84 Å². The van der Waals surface area contributed by atoms with E-state index in [0.29, 0.717) is 6.61 Å². The van der Waals surface area contributed by atoms with Crippen molar-refractivity contribution in [2.75, 3.05) is 13.2 Å². The molecule has 1 aliphatic heterocycles. The number of hydrogen-bond acceptors (Lipinski definition) is 2. The maximum atomic E-state index is 12.0. The van der Waals surface area contributed by atoms with Crippen molar-refractivity contribution in [3.8, 4) is 0 Å². The van der Waals surface area contributed by atoms with Gasteiger partial charge in [-0.1, -0.05) is 13.3 Å². The van der Waals surface area contributed by atoms with Crippen molar-refractivity contribution in [2.24, 2.45) is 5.41 Å². The van der Waals surface area contributed by atoms with Gasteiger partial charge in [0, 0.05) is 0 Å². The van der Waals surface area contributed by atoms with Gasteiger partial charge in [-0.2, -0.15) is 0 Å². The molecule has 0 bridgehead atoms. The molecule has 0 aromatic rings. The Morgan fingerprint density at radius 2 is 2.23 bits per heavy atom. The first-order chi connectivity index (χ1) is 6.28. The van der Waals surface area contributed by atoms with Gasteiger partial charge in [-0.3, -0.25) is 9.63 Å². The third-order valence-electron chi connectivity index (χ3n) is 3.42. The second kappa shape index (κ2) is 3.29. The van der Waals surface area contributed by atoms with Crippen molar-refractivity contribution >= 4 is 5.91 Å². The molecule has 1 amide bonds. The van der Waals surface area contributed by atoms with Gasteiger partial charge in [0.2, 0.25) is 0 Å². The largest absolute Gasteiger partial charge is 0.272 e. The molecule has 1 saturated heterocycles. The molecule has 0 aromatic carbocycles. The number of nitrogens with zero attached hydrogens (tertiary/aromatic N) is 1. The van der Waals surface area contributed by atoms with Crippen LogP contribution in [0.15, 0.2) is 0 Å². The molecule has 1 saturated carbocycles. The van der Waals surface area contributed by atoms with Crippen LogP contribution in [0, 0.1) is 5.41 Å². The summed E-state index contributed by atoms with van der Waals surface area (Å²) in [6.07, 6.45) is 5.27. The molecule has 0 radical (unpaired) electrons. The van der Waals surface area contributed by atoms with Crippen molar-refractivity contribution in [1.29, 1.82) is 0 Å². The van der Waals surface area contributed by atoms with E-state index in [1.807, 2.05) is 0 Å². The van der Waals surface area contributed by atoms with Crippen LogP contribution in [-0.4, -0.2) is 24.1 Å². The molecule has 0 N–H and O–H groups in total. The number of carbonyl (C=O) groups excluding carboxylic acids is 1. The predicted molar refractivity (Wildman–Crippen MR) is 48.9 cm³/mol. The first-order valence-corrected chi connectivity index (χ1v) is 5.23. The Balaban J connectivity index is 2.01. The molecule has 0 unspecified atom stereocenters. The fourth-order valence-corrected chi connectivity index (χ4v) is 2.19. The lowest BCUT2D eigenvalue weighted by Crippen LogP contribution is -2.46. The van der Waals surface area contributed by atoms with E-state index < -0.39 is 0 Å². The number of hydroxylamine groups is 2. The van der Waals surface area contributed by atoms with Crippen LogP contribution in [0.1, 0.15) is 39.0 Å². The Bertz CT molecular complexity index is 199. The summed E-state index contributed by atoms with van der Waals surface area (Å²) < 4.78 is 0.